The third-order valence-electron chi connectivity index (χ3n) is 8.85. The molecular weight excluding hydrogens is 286 g/mol. The van der Waals surface area contributed by atoms with E-state index in [0.717, 1.165) is 12.3 Å². The van der Waals surface area contributed by atoms with Gasteiger partial charge in [-0.3, -0.25) is 0 Å². The molecule has 0 aromatic heterocycles. The topological polar surface area (TPSA) is 64.2 Å². The Hall–Kier alpha value is -0.590. The molecule has 4 fully saturated rings. The van der Waals surface area contributed by atoms with E-state index in [-0.39, 0.29) is 11.5 Å². The van der Waals surface area contributed by atoms with Crippen molar-refractivity contribution in [2.24, 2.45) is 34.5 Å². The Morgan fingerprint density at radius 3 is 2.57 bits per heavy atom. The highest BCUT2D eigenvalue weighted by atomic mass is 16.3. The molecule has 1 unspecified atom stereocenters. The van der Waals surface area contributed by atoms with Crippen molar-refractivity contribution in [2.45, 2.75) is 83.3 Å². The molecule has 128 valence electrons. The van der Waals surface area contributed by atoms with E-state index in [1.54, 1.807) is 0 Å². The van der Waals surface area contributed by atoms with Crippen molar-refractivity contribution in [1.82, 2.24) is 0 Å². The molecule has 0 aromatic carbocycles. The van der Waals surface area contributed by atoms with Crippen LogP contribution in [-0.4, -0.2) is 21.9 Å². The first-order valence-electron chi connectivity index (χ1n) is 9.67. The summed E-state index contributed by atoms with van der Waals surface area (Å²) >= 11 is 0. The predicted molar refractivity (Wildman–Crippen MR) is 88.3 cm³/mol. The molecule has 0 aromatic rings. The van der Waals surface area contributed by atoms with Gasteiger partial charge in [-0.15, -0.1) is 0 Å². The molecular formula is C20H31NO2. The van der Waals surface area contributed by atoms with Gasteiger partial charge in [-0.05, 0) is 74.0 Å². The average molecular weight is 317 g/mol. The molecule has 0 saturated heterocycles. The summed E-state index contributed by atoms with van der Waals surface area (Å²) in [6.45, 7) is 4.51. The second kappa shape index (κ2) is 4.96. The SMILES string of the molecule is C[C@]12CCCCC1CC[C@@H]1[C@@H]2[C@@H](O)C[C@@]2(C)[C@H]1CC[C@]2(O)C#N. The van der Waals surface area contributed by atoms with Gasteiger partial charge >= 0.3 is 0 Å². The van der Waals surface area contributed by atoms with Crippen molar-refractivity contribution in [3.63, 3.8) is 0 Å². The summed E-state index contributed by atoms with van der Waals surface area (Å²) in [6.07, 6.45) is 9.48. The molecule has 0 spiro atoms. The minimum absolute atomic E-state index is 0.273. The molecule has 0 heterocycles. The van der Waals surface area contributed by atoms with Crippen LogP contribution in [0.4, 0.5) is 0 Å². The molecule has 3 heteroatoms. The Kier molecular flexibility index (Phi) is 3.43. The van der Waals surface area contributed by atoms with Gasteiger partial charge in [0.1, 0.15) is 0 Å². The van der Waals surface area contributed by atoms with Crippen LogP contribution in [0.15, 0.2) is 0 Å². The number of nitriles is 1. The van der Waals surface area contributed by atoms with Crippen molar-refractivity contribution < 1.29 is 10.2 Å². The average Bonchev–Trinajstić information content (AvgIpc) is 2.78. The lowest BCUT2D eigenvalue weighted by molar-refractivity contribution is -0.185. The zero-order chi connectivity index (χ0) is 16.5. The minimum Gasteiger partial charge on any atom is -0.393 e. The lowest BCUT2D eigenvalue weighted by Gasteiger charge is -2.62. The maximum Gasteiger partial charge on any atom is 0.156 e. The van der Waals surface area contributed by atoms with Crippen LogP contribution in [0.2, 0.25) is 0 Å². The fraction of sp³-hybridized carbons (Fsp3) is 0.950. The summed E-state index contributed by atoms with van der Waals surface area (Å²) in [7, 11) is 0. The first-order valence-corrected chi connectivity index (χ1v) is 9.67. The van der Waals surface area contributed by atoms with Gasteiger partial charge in [-0.1, -0.05) is 26.7 Å². The van der Waals surface area contributed by atoms with E-state index in [9.17, 15) is 15.5 Å². The first-order chi connectivity index (χ1) is 10.9. The van der Waals surface area contributed by atoms with E-state index < -0.39 is 11.0 Å². The lowest BCUT2D eigenvalue weighted by Crippen LogP contribution is -2.60. The zero-order valence-corrected chi connectivity index (χ0v) is 14.6. The third kappa shape index (κ3) is 1.89. The van der Waals surface area contributed by atoms with Crippen molar-refractivity contribution in [1.29, 1.82) is 5.26 Å². The molecule has 4 rings (SSSR count). The largest absolute Gasteiger partial charge is 0.393 e. The van der Waals surface area contributed by atoms with E-state index in [0.29, 0.717) is 30.6 Å². The van der Waals surface area contributed by atoms with Gasteiger partial charge < -0.3 is 10.2 Å². The quantitative estimate of drug-likeness (QED) is 0.670. The molecule has 3 nitrogen and oxygen atoms in total. The summed E-state index contributed by atoms with van der Waals surface area (Å²) in [6, 6.07) is 2.21. The van der Waals surface area contributed by atoms with Crippen molar-refractivity contribution in [3.8, 4) is 6.07 Å². The molecule has 4 aliphatic rings. The second-order valence-corrected chi connectivity index (χ2v) is 9.52. The van der Waals surface area contributed by atoms with Crippen LogP contribution in [0.1, 0.15) is 71.6 Å². The fourth-order valence-corrected chi connectivity index (χ4v) is 7.61. The van der Waals surface area contributed by atoms with Crippen LogP contribution in [0.5, 0.6) is 0 Å². The minimum atomic E-state index is -1.24. The molecule has 4 saturated carbocycles. The highest BCUT2D eigenvalue weighted by molar-refractivity contribution is 5.22. The lowest BCUT2D eigenvalue weighted by atomic mass is 9.44. The number of hydrogen-bond acceptors (Lipinski definition) is 3. The first kappa shape index (κ1) is 15.9. The number of fused-ring (bicyclic) bond motifs is 5. The Balaban J connectivity index is 1.72. The number of rotatable bonds is 0. The van der Waals surface area contributed by atoms with E-state index in [1.165, 1.54) is 38.5 Å². The summed E-state index contributed by atoms with van der Waals surface area (Å²) in [5.74, 6) is 2.04. The van der Waals surface area contributed by atoms with Crippen LogP contribution in [0.25, 0.3) is 0 Å². The molecule has 0 radical (unpaired) electrons. The number of aliphatic hydroxyl groups is 2. The number of aliphatic hydroxyl groups excluding tert-OH is 1. The number of nitrogens with zero attached hydrogens (tertiary/aromatic N) is 1. The van der Waals surface area contributed by atoms with E-state index in [1.807, 2.05) is 0 Å². The zero-order valence-electron chi connectivity index (χ0n) is 14.6. The fourth-order valence-electron chi connectivity index (χ4n) is 7.61. The Morgan fingerprint density at radius 1 is 1.04 bits per heavy atom. The van der Waals surface area contributed by atoms with Crippen LogP contribution < -0.4 is 0 Å². The molecule has 0 bridgehead atoms. The highest BCUT2D eigenvalue weighted by Crippen LogP contribution is 2.68. The standard InChI is InChI=1S/C20H31NO2/c1-18-9-4-3-5-13(18)6-7-14-15-8-10-20(23,12-21)19(15,2)11-16(22)17(14)18/h13-17,22-23H,3-11H2,1-2H3/t13?,14-,15-,16-,17+,18-,19-,20-/m0/s1. The van der Waals surface area contributed by atoms with Crippen molar-refractivity contribution >= 4 is 0 Å². The highest BCUT2D eigenvalue weighted by Gasteiger charge is 2.67. The van der Waals surface area contributed by atoms with Crippen LogP contribution in [0.3, 0.4) is 0 Å². The second-order valence-electron chi connectivity index (χ2n) is 9.52. The van der Waals surface area contributed by atoms with Crippen LogP contribution >= 0.6 is 0 Å². The van der Waals surface area contributed by atoms with Gasteiger partial charge in [0.25, 0.3) is 0 Å². The monoisotopic (exact) mass is 317 g/mol. The van der Waals surface area contributed by atoms with Crippen molar-refractivity contribution in [3.05, 3.63) is 0 Å². The smallest absolute Gasteiger partial charge is 0.156 e. The van der Waals surface area contributed by atoms with Gasteiger partial charge in [0.15, 0.2) is 5.60 Å². The summed E-state index contributed by atoms with van der Waals surface area (Å²) < 4.78 is 0. The summed E-state index contributed by atoms with van der Waals surface area (Å²) in [5, 5.41) is 31.6. The maximum atomic E-state index is 11.1. The molecule has 23 heavy (non-hydrogen) atoms. The molecule has 2 N–H and O–H groups in total. The van der Waals surface area contributed by atoms with Gasteiger partial charge in [0.05, 0.1) is 12.2 Å². The van der Waals surface area contributed by atoms with E-state index in [4.69, 9.17) is 0 Å². The Labute approximate surface area is 140 Å². The van der Waals surface area contributed by atoms with Crippen molar-refractivity contribution in [2.75, 3.05) is 0 Å². The Bertz CT molecular complexity index is 542. The molecule has 4 aliphatic carbocycles. The summed E-state index contributed by atoms with van der Waals surface area (Å²) in [5.41, 5.74) is -1.40. The van der Waals surface area contributed by atoms with E-state index in [2.05, 4.69) is 19.9 Å². The molecule has 0 amide bonds. The Morgan fingerprint density at radius 2 is 1.83 bits per heavy atom. The van der Waals surface area contributed by atoms with Gasteiger partial charge in [0, 0.05) is 5.41 Å². The van der Waals surface area contributed by atoms with Gasteiger partial charge in [-0.2, -0.15) is 5.26 Å². The van der Waals surface area contributed by atoms with Gasteiger partial charge in [0.2, 0.25) is 0 Å². The van der Waals surface area contributed by atoms with Crippen LogP contribution in [-0.2, 0) is 0 Å². The maximum absolute atomic E-state index is 11.1. The van der Waals surface area contributed by atoms with Gasteiger partial charge in [-0.25, -0.2) is 0 Å². The molecule has 8 atom stereocenters. The predicted octanol–water partition coefficient (Wildman–Crippen LogP) is 3.64. The third-order valence-corrected chi connectivity index (χ3v) is 8.85. The molecule has 0 aliphatic heterocycles. The van der Waals surface area contributed by atoms with Crippen LogP contribution in [0, 0.1) is 45.8 Å². The number of hydrogen-bond donors (Lipinski definition) is 2. The normalized spacial score (nSPS) is 58.7. The van der Waals surface area contributed by atoms with E-state index >= 15 is 0 Å². The summed E-state index contributed by atoms with van der Waals surface area (Å²) in [4.78, 5) is 0.